The molecule has 3 rings (SSSR count). The summed E-state index contributed by atoms with van der Waals surface area (Å²) in [7, 11) is 4.07. The van der Waals surface area contributed by atoms with Crippen molar-refractivity contribution in [2.24, 2.45) is 5.92 Å². The molecule has 2 aliphatic rings. The Morgan fingerprint density at radius 3 is 2.74 bits per heavy atom. The minimum absolute atomic E-state index is 0.501. The molecule has 0 radical (unpaired) electrons. The van der Waals surface area contributed by atoms with Gasteiger partial charge in [-0.05, 0) is 57.3 Å². The molecule has 1 aromatic rings. The van der Waals surface area contributed by atoms with Crippen LogP contribution in [0.4, 0.5) is 0 Å². The number of hydrogen-bond acceptors (Lipinski definition) is 4. The van der Waals surface area contributed by atoms with E-state index in [1.807, 2.05) is 14.1 Å². The summed E-state index contributed by atoms with van der Waals surface area (Å²) in [5, 5.41) is 10.7. The lowest BCUT2D eigenvalue weighted by Gasteiger charge is -2.40. The molecule has 0 amide bonds. The fraction of sp³-hybridized carbons (Fsp3) is 0.684. The van der Waals surface area contributed by atoms with Gasteiger partial charge in [-0.25, -0.2) is 0 Å². The fourth-order valence-corrected chi connectivity index (χ4v) is 3.98. The molecule has 1 N–H and O–H groups in total. The second kappa shape index (κ2) is 7.20. The monoisotopic (exact) mass is 318 g/mol. The van der Waals surface area contributed by atoms with E-state index in [1.54, 1.807) is 0 Å². The van der Waals surface area contributed by atoms with Crippen molar-refractivity contribution in [3.05, 3.63) is 29.8 Å². The van der Waals surface area contributed by atoms with E-state index in [-0.39, 0.29) is 0 Å². The van der Waals surface area contributed by atoms with Crippen LogP contribution in [0.25, 0.3) is 0 Å². The predicted molar refractivity (Wildman–Crippen MR) is 92.9 cm³/mol. The van der Waals surface area contributed by atoms with Gasteiger partial charge in [-0.15, -0.1) is 0 Å². The summed E-state index contributed by atoms with van der Waals surface area (Å²) in [6.45, 7) is 4.72. The van der Waals surface area contributed by atoms with E-state index in [0.29, 0.717) is 5.92 Å². The van der Waals surface area contributed by atoms with Crippen molar-refractivity contribution in [1.29, 1.82) is 0 Å². The van der Waals surface area contributed by atoms with Crippen LogP contribution in [0.15, 0.2) is 24.3 Å². The van der Waals surface area contributed by atoms with Gasteiger partial charge in [-0.2, -0.15) is 0 Å². The van der Waals surface area contributed by atoms with Crippen molar-refractivity contribution < 1.29 is 9.84 Å². The van der Waals surface area contributed by atoms with Gasteiger partial charge in [0.25, 0.3) is 0 Å². The third-order valence-corrected chi connectivity index (χ3v) is 5.18. The maximum atomic E-state index is 10.7. The molecule has 128 valence electrons. The molecule has 2 aliphatic heterocycles. The largest absolute Gasteiger partial charge is 0.493 e. The van der Waals surface area contributed by atoms with Crippen LogP contribution >= 0.6 is 0 Å². The van der Waals surface area contributed by atoms with Gasteiger partial charge in [0.1, 0.15) is 5.75 Å². The number of piperidine rings is 1. The quantitative estimate of drug-likeness (QED) is 0.921. The smallest absolute Gasteiger partial charge is 0.122 e. The zero-order valence-electron chi connectivity index (χ0n) is 14.5. The minimum Gasteiger partial charge on any atom is -0.493 e. The summed E-state index contributed by atoms with van der Waals surface area (Å²) in [5.41, 5.74) is 0.843. The second-order valence-electron chi connectivity index (χ2n) is 7.58. The lowest BCUT2D eigenvalue weighted by Crippen LogP contribution is -2.50. The minimum atomic E-state index is -0.501. The van der Waals surface area contributed by atoms with E-state index in [1.165, 1.54) is 5.56 Å². The Bertz CT molecular complexity index is 510. The van der Waals surface area contributed by atoms with E-state index >= 15 is 0 Å². The van der Waals surface area contributed by atoms with E-state index in [2.05, 4.69) is 34.1 Å². The first kappa shape index (κ1) is 16.7. The molecule has 2 heterocycles. The van der Waals surface area contributed by atoms with E-state index < -0.39 is 5.60 Å². The van der Waals surface area contributed by atoms with Crippen molar-refractivity contribution in [3.8, 4) is 5.75 Å². The first-order valence-electron chi connectivity index (χ1n) is 8.84. The number of benzene rings is 1. The molecule has 23 heavy (non-hydrogen) atoms. The number of fused-ring (bicyclic) bond motifs is 1. The van der Waals surface area contributed by atoms with Crippen molar-refractivity contribution in [2.45, 2.75) is 31.3 Å². The molecule has 0 saturated carbocycles. The number of ether oxygens (including phenoxy) is 1. The second-order valence-corrected chi connectivity index (χ2v) is 7.58. The Morgan fingerprint density at radius 2 is 2.00 bits per heavy atom. The molecule has 4 heteroatoms. The van der Waals surface area contributed by atoms with Crippen LogP contribution in [0.1, 0.15) is 24.8 Å². The van der Waals surface area contributed by atoms with Crippen molar-refractivity contribution >= 4 is 0 Å². The topological polar surface area (TPSA) is 35.9 Å². The van der Waals surface area contributed by atoms with Crippen molar-refractivity contribution in [2.75, 3.05) is 46.9 Å². The van der Waals surface area contributed by atoms with Crippen LogP contribution in [0.5, 0.6) is 5.75 Å². The molecule has 4 nitrogen and oxygen atoms in total. The molecule has 1 aromatic carbocycles. The summed E-state index contributed by atoms with van der Waals surface area (Å²) >= 11 is 0. The van der Waals surface area contributed by atoms with Crippen LogP contribution in [0.2, 0.25) is 0 Å². The number of nitrogens with zero attached hydrogens (tertiary/aromatic N) is 2. The van der Waals surface area contributed by atoms with Crippen molar-refractivity contribution in [3.63, 3.8) is 0 Å². The zero-order chi connectivity index (χ0) is 16.3. The Labute approximate surface area is 140 Å². The summed E-state index contributed by atoms with van der Waals surface area (Å²) in [6, 6.07) is 8.43. The van der Waals surface area contributed by atoms with E-state index in [4.69, 9.17) is 4.74 Å². The molecular formula is C19H30N2O2. The van der Waals surface area contributed by atoms with E-state index in [9.17, 15) is 5.11 Å². The number of likely N-dealkylation sites (N-methyl/N-ethyl adjacent to an activating group) is 1. The molecule has 0 spiro atoms. The number of para-hydroxylation sites is 1. The highest BCUT2D eigenvalue weighted by atomic mass is 16.5. The van der Waals surface area contributed by atoms with Gasteiger partial charge in [-0.3, -0.25) is 0 Å². The van der Waals surface area contributed by atoms with E-state index in [0.717, 1.165) is 64.2 Å². The number of aliphatic hydroxyl groups is 1. The van der Waals surface area contributed by atoms with Crippen LogP contribution in [0, 0.1) is 5.92 Å². The Balaban J connectivity index is 1.53. The Morgan fingerprint density at radius 1 is 1.26 bits per heavy atom. The Kier molecular flexibility index (Phi) is 5.24. The fourth-order valence-electron chi connectivity index (χ4n) is 3.98. The maximum Gasteiger partial charge on any atom is 0.122 e. The summed E-state index contributed by atoms with van der Waals surface area (Å²) in [6.07, 6.45) is 3.98. The third-order valence-electron chi connectivity index (χ3n) is 5.18. The highest BCUT2D eigenvalue weighted by Gasteiger charge is 2.33. The van der Waals surface area contributed by atoms with Gasteiger partial charge >= 0.3 is 0 Å². The molecule has 0 unspecified atom stereocenters. The molecule has 0 aromatic heterocycles. The van der Waals surface area contributed by atoms with Crippen LogP contribution < -0.4 is 4.74 Å². The zero-order valence-corrected chi connectivity index (χ0v) is 14.5. The third kappa shape index (κ3) is 4.46. The predicted octanol–water partition coefficient (Wildman–Crippen LogP) is 2.02. The van der Waals surface area contributed by atoms with Gasteiger partial charge in [0.15, 0.2) is 0 Å². The molecule has 0 bridgehead atoms. The van der Waals surface area contributed by atoms with Gasteiger partial charge in [-0.1, -0.05) is 18.2 Å². The lowest BCUT2D eigenvalue weighted by atomic mass is 9.89. The highest BCUT2D eigenvalue weighted by molar-refractivity contribution is 5.34. The molecule has 1 atom stereocenters. The molecule has 1 saturated heterocycles. The first-order chi connectivity index (χ1) is 11.0. The summed E-state index contributed by atoms with van der Waals surface area (Å²) < 4.78 is 5.88. The van der Waals surface area contributed by atoms with Gasteiger partial charge in [0, 0.05) is 26.2 Å². The van der Waals surface area contributed by atoms with Crippen LogP contribution in [-0.2, 0) is 6.42 Å². The SMILES string of the molecule is CN(C)CC1(O)CCN(C[C@H]2CCOc3ccccc3C2)CC1. The van der Waals surface area contributed by atoms with Gasteiger partial charge in [0.05, 0.1) is 12.2 Å². The average molecular weight is 318 g/mol. The number of rotatable bonds is 4. The standard InChI is InChI=1S/C19H30N2O2/c1-20(2)15-19(22)8-10-21(11-9-19)14-16-7-12-23-18-6-4-3-5-17(18)13-16/h3-6,16,22H,7-15H2,1-2H3/t16-/m0/s1. The maximum absolute atomic E-state index is 10.7. The highest BCUT2D eigenvalue weighted by Crippen LogP contribution is 2.29. The molecule has 1 fully saturated rings. The number of hydrogen-bond donors (Lipinski definition) is 1. The van der Waals surface area contributed by atoms with Gasteiger partial charge in [0.2, 0.25) is 0 Å². The first-order valence-corrected chi connectivity index (χ1v) is 8.84. The van der Waals surface area contributed by atoms with Crippen LogP contribution in [-0.4, -0.2) is 67.4 Å². The Hall–Kier alpha value is -1.10. The molecule has 0 aliphatic carbocycles. The number of likely N-dealkylation sites (tertiary alicyclic amines) is 1. The van der Waals surface area contributed by atoms with Gasteiger partial charge < -0.3 is 19.6 Å². The van der Waals surface area contributed by atoms with Crippen LogP contribution in [0.3, 0.4) is 0 Å². The average Bonchev–Trinajstić information content (AvgIpc) is 2.70. The normalized spacial score (nSPS) is 24.8. The molecular weight excluding hydrogens is 288 g/mol. The summed E-state index contributed by atoms with van der Waals surface area (Å²) in [4.78, 5) is 4.62. The van der Waals surface area contributed by atoms with Crippen molar-refractivity contribution in [1.82, 2.24) is 9.80 Å². The lowest BCUT2D eigenvalue weighted by molar-refractivity contribution is -0.0399. The summed E-state index contributed by atoms with van der Waals surface area (Å²) in [5.74, 6) is 1.72.